The minimum absolute atomic E-state index is 0.189. The average Bonchev–Trinajstić information content (AvgIpc) is 2.75. The van der Waals surface area contributed by atoms with Gasteiger partial charge in [-0.2, -0.15) is 0 Å². The SMILES string of the molecule is CC(CN1CCCC1C)C(N)c1ccccc1F. The van der Waals surface area contributed by atoms with Gasteiger partial charge in [0.2, 0.25) is 0 Å². The molecule has 1 aromatic carbocycles. The highest BCUT2D eigenvalue weighted by molar-refractivity contribution is 5.21. The lowest BCUT2D eigenvalue weighted by Gasteiger charge is -2.28. The molecule has 1 saturated heterocycles. The van der Waals surface area contributed by atoms with Crippen molar-refractivity contribution < 1.29 is 4.39 Å². The Balaban J connectivity index is 2.00. The fraction of sp³-hybridized carbons (Fsp3) is 0.600. The minimum atomic E-state index is -0.223. The maximum atomic E-state index is 13.7. The van der Waals surface area contributed by atoms with Gasteiger partial charge >= 0.3 is 0 Å². The molecule has 0 amide bonds. The van der Waals surface area contributed by atoms with Crippen molar-refractivity contribution in [1.82, 2.24) is 4.90 Å². The van der Waals surface area contributed by atoms with Crippen molar-refractivity contribution in [3.05, 3.63) is 35.6 Å². The van der Waals surface area contributed by atoms with E-state index < -0.39 is 0 Å². The molecule has 3 heteroatoms. The van der Waals surface area contributed by atoms with E-state index in [-0.39, 0.29) is 17.8 Å². The lowest BCUT2D eigenvalue weighted by molar-refractivity contribution is 0.216. The summed E-state index contributed by atoms with van der Waals surface area (Å²) in [6.07, 6.45) is 2.53. The lowest BCUT2D eigenvalue weighted by atomic mass is 9.94. The monoisotopic (exact) mass is 250 g/mol. The van der Waals surface area contributed by atoms with E-state index in [2.05, 4.69) is 18.7 Å². The third-order valence-electron chi connectivity index (χ3n) is 4.09. The fourth-order valence-corrected chi connectivity index (χ4v) is 2.80. The van der Waals surface area contributed by atoms with E-state index in [1.54, 1.807) is 12.1 Å². The predicted molar refractivity (Wildman–Crippen MR) is 72.8 cm³/mol. The van der Waals surface area contributed by atoms with Crippen molar-refractivity contribution in [2.24, 2.45) is 11.7 Å². The van der Waals surface area contributed by atoms with Gasteiger partial charge in [-0.15, -0.1) is 0 Å². The number of hydrogen-bond acceptors (Lipinski definition) is 2. The van der Waals surface area contributed by atoms with Crippen LogP contribution in [0.15, 0.2) is 24.3 Å². The fourth-order valence-electron chi connectivity index (χ4n) is 2.80. The highest BCUT2D eigenvalue weighted by Gasteiger charge is 2.25. The van der Waals surface area contributed by atoms with Crippen LogP contribution in [-0.2, 0) is 0 Å². The summed E-state index contributed by atoms with van der Waals surface area (Å²) in [7, 11) is 0. The molecule has 1 aliphatic rings. The Bertz CT molecular complexity index is 394. The standard InChI is InChI=1S/C15H23FN2/c1-11(10-18-9-5-6-12(18)2)15(17)13-7-3-4-8-14(13)16/h3-4,7-8,11-12,15H,5-6,9-10,17H2,1-2H3. The molecule has 100 valence electrons. The number of nitrogens with two attached hydrogens (primary N) is 1. The van der Waals surface area contributed by atoms with Crippen LogP contribution in [0, 0.1) is 11.7 Å². The Labute approximate surface area is 109 Å². The Morgan fingerprint density at radius 1 is 1.44 bits per heavy atom. The zero-order valence-electron chi connectivity index (χ0n) is 11.3. The zero-order chi connectivity index (χ0) is 13.1. The molecule has 0 radical (unpaired) electrons. The Kier molecular flexibility index (Phi) is 4.36. The first kappa shape index (κ1) is 13.5. The number of rotatable bonds is 4. The van der Waals surface area contributed by atoms with Gasteiger partial charge in [0.25, 0.3) is 0 Å². The molecule has 0 spiro atoms. The second-order valence-electron chi connectivity index (χ2n) is 5.51. The van der Waals surface area contributed by atoms with E-state index in [0.29, 0.717) is 11.6 Å². The van der Waals surface area contributed by atoms with Crippen molar-refractivity contribution in [2.45, 2.75) is 38.8 Å². The summed E-state index contributed by atoms with van der Waals surface area (Å²) in [4.78, 5) is 2.46. The van der Waals surface area contributed by atoms with Gasteiger partial charge in [-0.05, 0) is 38.3 Å². The Morgan fingerprint density at radius 3 is 2.78 bits per heavy atom. The molecular weight excluding hydrogens is 227 g/mol. The van der Waals surface area contributed by atoms with Gasteiger partial charge in [0.15, 0.2) is 0 Å². The summed E-state index contributed by atoms with van der Waals surface area (Å²) < 4.78 is 13.7. The molecule has 3 unspecified atom stereocenters. The van der Waals surface area contributed by atoms with Crippen LogP contribution in [0.4, 0.5) is 4.39 Å². The van der Waals surface area contributed by atoms with E-state index in [1.165, 1.54) is 18.9 Å². The molecule has 0 aliphatic carbocycles. The largest absolute Gasteiger partial charge is 0.324 e. The third-order valence-corrected chi connectivity index (χ3v) is 4.09. The molecule has 1 aliphatic heterocycles. The molecule has 0 saturated carbocycles. The van der Waals surface area contributed by atoms with Crippen molar-refractivity contribution in [1.29, 1.82) is 0 Å². The summed E-state index contributed by atoms with van der Waals surface area (Å²) in [6, 6.07) is 7.26. The van der Waals surface area contributed by atoms with Crippen LogP contribution in [0.25, 0.3) is 0 Å². The predicted octanol–water partition coefficient (Wildman–Crippen LogP) is 2.95. The van der Waals surface area contributed by atoms with Crippen LogP contribution in [-0.4, -0.2) is 24.0 Å². The van der Waals surface area contributed by atoms with E-state index in [1.807, 2.05) is 6.07 Å². The first-order chi connectivity index (χ1) is 8.59. The summed E-state index contributed by atoms with van der Waals surface area (Å²) in [5.74, 6) is 0.0776. The van der Waals surface area contributed by atoms with Gasteiger partial charge in [-0.25, -0.2) is 4.39 Å². The second kappa shape index (κ2) is 5.81. The van der Waals surface area contributed by atoms with E-state index >= 15 is 0 Å². The second-order valence-corrected chi connectivity index (χ2v) is 5.51. The van der Waals surface area contributed by atoms with Gasteiger partial charge in [-0.3, -0.25) is 0 Å². The summed E-state index contributed by atoms with van der Waals surface area (Å²) in [6.45, 7) is 6.47. The highest BCUT2D eigenvalue weighted by atomic mass is 19.1. The van der Waals surface area contributed by atoms with E-state index in [4.69, 9.17) is 5.73 Å². The molecule has 2 rings (SSSR count). The van der Waals surface area contributed by atoms with Crippen LogP contribution >= 0.6 is 0 Å². The number of halogens is 1. The van der Waals surface area contributed by atoms with Crippen molar-refractivity contribution >= 4 is 0 Å². The summed E-state index contributed by atoms with van der Waals surface area (Å²) >= 11 is 0. The molecule has 2 nitrogen and oxygen atoms in total. The molecule has 1 aromatic rings. The van der Waals surface area contributed by atoms with Gasteiger partial charge in [-0.1, -0.05) is 25.1 Å². The van der Waals surface area contributed by atoms with Crippen LogP contribution in [0.1, 0.15) is 38.3 Å². The normalized spacial score (nSPS) is 24.1. The smallest absolute Gasteiger partial charge is 0.127 e. The first-order valence-electron chi connectivity index (χ1n) is 6.83. The van der Waals surface area contributed by atoms with Crippen LogP contribution in [0.5, 0.6) is 0 Å². The molecule has 3 atom stereocenters. The zero-order valence-corrected chi connectivity index (χ0v) is 11.3. The molecule has 18 heavy (non-hydrogen) atoms. The molecule has 0 aromatic heterocycles. The third kappa shape index (κ3) is 2.90. The Hall–Kier alpha value is -0.930. The average molecular weight is 250 g/mol. The molecule has 2 N–H and O–H groups in total. The molecule has 0 bridgehead atoms. The van der Waals surface area contributed by atoms with Crippen molar-refractivity contribution in [3.8, 4) is 0 Å². The lowest BCUT2D eigenvalue weighted by Crippen LogP contribution is -2.35. The van der Waals surface area contributed by atoms with E-state index in [0.717, 1.165) is 13.1 Å². The quantitative estimate of drug-likeness (QED) is 0.890. The summed E-state index contributed by atoms with van der Waals surface area (Å²) in [5.41, 5.74) is 6.83. The maximum absolute atomic E-state index is 13.7. The molecular formula is C15H23FN2. The van der Waals surface area contributed by atoms with E-state index in [9.17, 15) is 4.39 Å². The summed E-state index contributed by atoms with van der Waals surface area (Å²) in [5, 5.41) is 0. The minimum Gasteiger partial charge on any atom is -0.324 e. The van der Waals surface area contributed by atoms with Gasteiger partial charge in [0, 0.05) is 24.2 Å². The van der Waals surface area contributed by atoms with Gasteiger partial charge in [0.1, 0.15) is 5.82 Å². The number of hydrogen-bond donors (Lipinski definition) is 1. The van der Waals surface area contributed by atoms with Gasteiger partial charge < -0.3 is 10.6 Å². The molecule has 1 fully saturated rings. The van der Waals surface area contributed by atoms with Crippen LogP contribution in [0.3, 0.4) is 0 Å². The number of likely N-dealkylation sites (tertiary alicyclic amines) is 1. The van der Waals surface area contributed by atoms with Gasteiger partial charge in [0.05, 0.1) is 0 Å². The maximum Gasteiger partial charge on any atom is 0.127 e. The van der Waals surface area contributed by atoms with Crippen molar-refractivity contribution in [3.63, 3.8) is 0 Å². The molecule has 1 heterocycles. The number of nitrogens with zero attached hydrogens (tertiary/aromatic N) is 1. The number of benzene rings is 1. The topological polar surface area (TPSA) is 29.3 Å². The first-order valence-corrected chi connectivity index (χ1v) is 6.83. The highest BCUT2D eigenvalue weighted by Crippen LogP contribution is 2.25. The van der Waals surface area contributed by atoms with Crippen LogP contribution < -0.4 is 5.73 Å². The Morgan fingerprint density at radius 2 is 2.17 bits per heavy atom. The van der Waals surface area contributed by atoms with Crippen molar-refractivity contribution in [2.75, 3.05) is 13.1 Å². The van der Waals surface area contributed by atoms with Crippen LogP contribution in [0.2, 0.25) is 0 Å².